The van der Waals surface area contributed by atoms with Gasteiger partial charge in [0, 0.05) is 33.0 Å². The second-order valence-corrected chi connectivity index (χ2v) is 13.5. The third-order valence-corrected chi connectivity index (χ3v) is 10.2. The molecule has 250 valence electrons. The number of hydrogen-bond donors (Lipinski definition) is 0. The molecule has 0 N–H and O–H groups in total. The summed E-state index contributed by atoms with van der Waals surface area (Å²) in [7, 11) is 0. The van der Waals surface area contributed by atoms with Crippen LogP contribution in [0.25, 0.3) is 94.4 Å². The highest BCUT2D eigenvalue weighted by molar-refractivity contribution is 6.15. The zero-order valence-corrected chi connectivity index (χ0v) is 28.9. The van der Waals surface area contributed by atoms with Gasteiger partial charge in [-0.1, -0.05) is 164 Å². The van der Waals surface area contributed by atoms with Crippen molar-refractivity contribution in [2.24, 2.45) is 0 Å². The molecule has 0 saturated heterocycles. The number of allylic oxidation sites excluding steroid dienone is 4. The number of nitrogens with zero attached hydrogens (tertiary/aromatic N) is 3. The predicted molar refractivity (Wildman–Crippen MR) is 218 cm³/mol. The van der Waals surface area contributed by atoms with Gasteiger partial charge in [-0.25, -0.2) is 15.0 Å². The largest absolute Gasteiger partial charge is 0.455 e. The first kappa shape index (κ1) is 30.9. The Hall–Kier alpha value is -6.91. The minimum absolute atomic E-state index is 0.620. The predicted octanol–water partition coefficient (Wildman–Crippen LogP) is 13.0. The molecule has 9 aromatic rings. The van der Waals surface area contributed by atoms with E-state index in [4.69, 9.17) is 19.4 Å². The number of aromatic nitrogens is 3. The van der Waals surface area contributed by atoms with Gasteiger partial charge in [0.1, 0.15) is 11.2 Å². The van der Waals surface area contributed by atoms with Crippen molar-refractivity contribution in [3.8, 4) is 56.2 Å². The first-order chi connectivity index (χ1) is 26.2. The molecule has 0 fully saturated rings. The summed E-state index contributed by atoms with van der Waals surface area (Å²) in [6.45, 7) is 0. The molecule has 0 amide bonds. The quantitative estimate of drug-likeness (QED) is 0.175. The van der Waals surface area contributed by atoms with E-state index in [2.05, 4.69) is 158 Å². The Bertz CT molecular complexity index is 2870. The molecule has 0 bridgehead atoms. The van der Waals surface area contributed by atoms with Crippen LogP contribution in [0.5, 0.6) is 0 Å². The van der Waals surface area contributed by atoms with Crippen LogP contribution in [0.3, 0.4) is 0 Å². The first-order valence-electron chi connectivity index (χ1n) is 18.1. The van der Waals surface area contributed by atoms with Gasteiger partial charge in [-0.2, -0.15) is 0 Å². The number of para-hydroxylation sites is 1. The Morgan fingerprint density at radius 2 is 1.08 bits per heavy atom. The van der Waals surface area contributed by atoms with Gasteiger partial charge < -0.3 is 4.42 Å². The molecule has 4 nitrogen and oxygen atoms in total. The number of rotatable bonds is 6. The van der Waals surface area contributed by atoms with Crippen molar-refractivity contribution in [3.63, 3.8) is 0 Å². The summed E-state index contributed by atoms with van der Waals surface area (Å²) in [6, 6.07) is 55.3. The van der Waals surface area contributed by atoms with Crippen molar-refractivity contribution in [1.82, 2.24) is 15.0 Å². The maximum atomic E-state index is 6.66. The lowest BCUT2D eigenvalue weighted by molar-refractivity contribution is 0.670. The lowest BCUT2D eigenvalue weighted by Crippen LogP contribution is -2.03. The average molecular weight is 680 g/mol. The van der Waals surface area contributed by atoms with Gasteiger partial charge in [0.2, 0.25) is 0 Å². The fourth-order valence-corrected chi connectivity index (χ4v) is 7.45. The second kappa shape index (κ2) is 13.0. The average Bonchev–Trinajstić information content (AvgIpc) is 3.63. The standard InChI is InChI=1S/C49H33N3O/c1-3-11-32(12-4-1)34-21-26-36(27-22-34)41-17-9-18-42-45-43(19-10-20-44(45)53-46(41)42)49-51-47(37-14-5-2-6-15-37)50-48(52-49)38-28-23-35(24-29-38)40-30-25-33-13-7-8-16-39(33)31-40/h1,3-5,7-31H,2,6H2. The van der Waals surface area contributed by atoms with E-state index in [1.54, 1.807) is 0 Å². The van der Waals surface area contributed by atoms with E-state index in [1.807, 2.05) is 18.2 Å². The number of benzene rings is 7. The highest BCUT2D eigenvalue weighted by Crippen LogP contribution is 2.41. The van der Waals surface area contributed by atoms with Crippen LogP contribution in [0, 0.1) is 0 Å². The Morgan fingerprint density at radius 3 is 1.89 bits per heavy atom. The van der Waals surface area contributed by atoms with E-state index in [1.165, 1.54) is 27.5 Å². The van der Waals surface area contributed by atoms with Crippen LogP contribution in [-0.4, -0.2) is 15.0 Å². The summed E-state index contributed by atoms with van der Waals surface area (Å²) in [6.07, 6.45) is 8.50. The summed E-state index contributed by atoms with van der Waals surface area (Å²) >= 11 is 0. The fraction of sp³-hybridized carbons (Fsp3) is 0.0408. The van der Waals surface area contributed by atoms with Crippen LogP contribution < -0.4 is 0 Å². The minimum atomic E-state index is 0.620. The van der Waals surface area contributed by atoms with Gasteiger partial charge in [-0.05, 0) is 63.6 Å². The van der Waals surface area contributed by atoms with Crippen molar-refractivity contribution in [1.29, 1.82) is 0 Å². The normalized spacial score (nSPS) is 12.8. The van der Waals surface area contributed by atoms with Gasteiger partial charge >= 0.3 is 0 Å². The third-order valence-electron chi connectivity index (χ3n) is 10.2. The molecule has 0 atom stereocenters. The molecule has 1 aliphatic carbocycles. The van der Waals surface area contributed by atoms with Gasteiger partial charge in [0.15, 0.2) is 17.5 Å². The van der Waals surface area contributed by atoms with Crippen molar-refractivity contribution in [2.45, 2.75) is 12.8 Å². The van der Waals surface area contributed by atoms with Crippen molar-refractivity contribution in [3.05, 3.63) is 182 Å². The summed E-state index contributed by atoms with van der Waals surface area (Å²) < 4.78 is 6.66. The lowest BCUT2D eigenvalue weighted by Gasteiger charge is -2.11. The van der Waals surface area contributed by atoms with Gasteiger partial charge in [-0.3, -0.25) is 0 Å². The van der Waals surface area contributed by atoms with Gasteiger partial charge in [-0.15, -0.1) is 0 Å². The number of furan rings is 1. The van der Waals surface area contributed by atoms with Crippen molar-refractivity contribution >= 4 is 38.3 Å². The van der Waals surface area contributed by atoms with Crippen LogP contribution in [0.15, 0.2) is 180 Å². The molecule has 4 heteroatoms. The first-order valence-corrected chi connectivity index (χ1v) is 18.1. The Morgan fingerprint density at radius 1 is 0.434 bits per heavy atom. The van der Waals surface area contributed by atoms with Crippen molar-refractivity contribution < 1.29 is 4.42 Å². The smallest absolute Gasteiger partial charge is 0.164 e. The Labute approximate surface area is 307 Å². The lowest BCUT2D eigenvalue weighted by atomic mass is 9.98. The number of fused-ring (bicyclic) bond motifs is 4. The molecule has 0 aliphatic heterocycles. The van der Waals surface area contributed by atoms with Crippen LogP contribution >= 0.6 is 0 Å². The monoisotopic (exact) mass is 679 g/mol. The molecular weight excluding hydrogens is 647 g/mol. The zero-order valence-electron chi connectivity index (χ0n) is 28.9. The second-order valence-electron chi connectivity index (χ2n) is 13.5. The molecule has 7 aromatic carbocycles. The summed E-state index contributed by atoms with van der Waals surface area (Å²) in [4.78, 5) is 15.3. The van der Waals surface area contributed by atoms with Crippen LogP contribution in [-0.2, 0) is 0 Å². The van der Waals surface area contributed by atoms with E-state index in [0.29, 0.717) is 17.5 Å². The molecule has 53 heavy (non-hydrogen) atoms. The maximum absolute atomic E-state index is 6.66. The molecular formula is C49H33N3O. The van der Waals surface area contributed by atoms with Crippen molar-refractivity contribution in [2.75, 3.05) is 0 Å². The molecule has 10 rings (SSSR count). The van der Waals surface area contributed by atoms with Crippen LogP contribution in [0.4, 0.5) is 0 Å². The Balaban J connectivity index is 1.08. The van der Waals surface area contributed by atoms with Crippen LogP contribution in [0.1, 0.15) is 18.7 Å². The van der Waals surface area contributed by atoms with Gasteiger partial charge in [0.05, 0.1) is 0 Å². The molecule has 0 spiro atoms. The fourth-order valence-electron chi connectivity index (χ4n) is 7.45. The third kappa shape index (κ3) is 5.71. The molecule has 2 aromatic heterocycles. The minimum Gasteiger partial charge on any atom is -0.455 e. The highest BCUT2D eigenvalue weighted by Gasteiger charge is 2.20. The topological polar surface area (TPSA) is 51.8 Å². The van der Waals surface area contributed by atoms with E-state index < -0.39 is 0 Å². The Kier molecular flexibility index (Phi) is 7.58. The van der Waals surface area contributed by atoms with Gasteiger partial charge in [0.25, 0.3) is 0 Å². The molecule has 1 aliphatic rings. The molecule has 0 radical (unpaired) electrons. The summed E-state index contributed by atoms with van der Waals surface area (Å²) in [5.41, 5.74) is 11.4. The van der Waals surface area contributed by atoms with E-state index in [9.17, 15) is 0 Å². The number of hydrogen-bond acceptors (Lipinski definition) is 4. The summed E-state index contributed by atoms with van der Waals surface area (Å²) in [5.74, 6) is 1.93. The van der Waals surface area contributed by atoms with E-state index >= 15 is 0 Å². The molecule has 0 saturated carbocycles. The highest BCUT2D eigenvalue weighted by atomic mass is 16.3. The maximum Gasteiger partial charge on any atom is 0.164 e. The van der Waals surface area contributed by atoms with E-state index in [-0.39, 0.29) is 0 Å². The van der Waals surface area contributed by atoms with Crippen LogP contribution in [0.2, 0.25) is 0 Å². The molecule has 0 unspecified atom stereocenters. The van der Waals surface area contributed by atoms with E-state index in [0.717, 1.165) is 68.2 Å². The molecule has 2 heterocycles. The SMILES string of the molecule is C1=CC(c2nc(-c3ccc(-c4ccc5ccccc5c4)cc3)nc(-c3cccc4oc5c(-c6ccc(-c7ccccc7)cc6)cccc5c34)n2)=CCC1. The zero-order chi connectivity index (χ0) is 35.1. The summed E-state index contributed by atoms with van der Waals surface area (Å²) in [5, 5.41) is 4.48.